The summed E-state index contributed by atoms with van der Waals surface area (Å²) in [5, 5.41) is 24.6. The molecule has 3 aromatic rings. The zero-order valence-corrected chi connectivity index (χ0v) is 14.4. The minimum atomic E-state index is -0.625. The molecule has 2 atom stereocenters. The molecule has 1 aromatic carbocycles. The molecule has 1 aliphatic rings. The first-order valence-corrected chi connectivity index (χ1v) is 8.60. The summed E-state index contributed by atoms with van der Waals surface area (Å²) < 4.78 is 1.92. The molecule has 26 heavy (non-hydrogen) atoms. The van der Waals surface area contributed by atoms with Crippen molar-refractivity contribution in [1.82, 2.24) is 14.8 Å². The molecule has 0 aliphatic carbocycles. The molecular formula is C19H19N5O2. The second-order valence-corrected chi connectivity index (χ2v) is 6.65. The summed E-state index contributed by atoms with van der Waals surface area (Å²) in [5.41, 5.74) is 1.78. The molecule has 1 saturated heterocycles. The van der Waals surface area contributed by atoms with Crippen LogP contribution in [-0.4, -0.2) is 33.0 Å². The number of hydrogen-bond donors (Lipinski definition) is 2. The minimum absolute atomic E-state index is 0.112. The number of anilines is 1. The van der Waals surface area contributed by atoms with Gasteiger partial charge in [-0.05, 0) is 37.1 Å². The van der Waals surface area contributed by atoms with Gasteiger partial charge in [-0.3, -0.25) is 9.48 Å². The van der Waals surface area contributed by atoms with E-state index >= 15 is 0 Å². The van der Waals surface area contributed by atoms with Crippen LogP contribution >= 0.6 is 0 Å². The van der Waals surface area contributed by atoms with E-state index in [0.29, 0.717) is 17.7 Å². The quantitative estimate of drug-likeness (QED) is 0.754. The lowest BCUT2D eigenvalue weighted by Crippen LogP contribution is -2.25. The Kier molecular flexibility index (Phi) is 3.98. The van der Waals surface area contributed by atoms with Gasteiger partial charge < -0.3 is 15.0 Å². The van der Waals surface area contributed by atoms with Gasteiger partial charge in [0.05, 0.1) is 23.3 Å². The number of nitrogens with one attached hydrogen (secondary N) is 1. The zero-order chi connectivity index (χ0) is 18.3. The fourth-order valence-electron chi connectivity index (χ4n) is 3.64. The number of rotatable bonds is 3. The standard InChI is InChI=1S/C19H19N5O2/c1-12(25)13-3-4-17-15(9-13)18(16(10-20)19(26)22-17)23-8-5-14(11-23)24-7-2-6-21-24/h2-4,6-7,9,12,14,25H,5,8,11H2,1H3,(H,22,26)/t12?,14-/m1/s1. The maximum Gasteiger partial charge on any atom is 0.268 e. The van der Waals surface area contributed by atoms with Gasteiger partial charge in [0.15, 0.2) is 0 Å². The normalized spacial score (nSPS) is 18.2. The third kappa shape index (κ3) is 2.65. The molecule has 1 aliphatic heterocycles. The van der Waals surface area contributed by atoms with E-state index in [1.165, 1.54) is 0 Å². The summed E-state index contributed by atoms with van der Waals surface area (Å²) in [6, 6.07) is 9.57. The minimum Gasteiger partial charge on any atom is -0.389 e. The molecule has 2 aromatic heterocycles. The summed E-state index contributed by atoms with van der Waals surface area (Å²) in [5.74, 6) is 0. The van der Waals surface area contributed by atoms with Crippen molar-refractivity contribution in [3.8, 4) is 6.07 Å². The number of benzene rings is 1. The Morgan fingerprint density at radius 3 is 3.00 bits per heavy atom. The Bertz CT molecular complexity index is 1050. The molecule has 7 heteroatoms. The predicted octanol–water partition coefficient (Wildman–Crippen LogP) is 2.10. The average Bonchev–Trinajstić information content (AvgIpc) is 3.31. The highest BCUT2D eigenvalue weighted by molar-refractivity contribution is 5.95. The van der Waals surface area contributed by atoms with Crippen LogP contribution in [0, 0.1) is 11.3 Å². The average molecular weight is 349 g/mol. The van der Waals surface area contributed by atoms with Crippen molar-refractivity contribution in [2.75, 3.05) is 18.0 Å². The SMILES string of the molecule is CC(O)c1ccc2[nH]c(=O)c(C#N)c(N3CC[C@@H](n4cccn4)C3)c2c1. The summed E-state index contributed by atoms with van der Waals surface area (Å²) in [6.07, 6.45) is 3.94. The summed E-state index contributed by atoms with van der Waals surface area (Å²) in [4.78, 5) is 17.3. The fourth-order valence-corrected chi connectivity index (χ4v) is 3.64. The Hall–Kier alpha value is -3.11. The van der Waals surface area contributed by atoms with Crippen molar-refractivity contribution in [3.63, 3.8) is 0 Å². The van der Waals surface area contributed by atoms with Crippen LogP contribution in [0.5, 0.6) is 0 Å². The molecule has 132 valence electrons. The van der Waals surface area contributed by atoms with Crippen LogP contribution in [0.3, 0.4) is 0 Å². The topological polar surface area (TPSA) is 97.9 Å². The molecule has 7 nitrogen and oxygen atoms in total. The fraction of sp³-hybridized carbons (Fsp3) is 0.316. The largest absolute Gasteiger partial charge is 0.389 e. The van der Waals surface area contributed by atoms with Crippen molar-refractivity contribution in [2.45, 2.75) is 25.5 Å². The van der Waals surface area contributed by atoms with Gasteiger partial charge in [-0.15, -0.1) is 0 Å². The highest BCUT2D eigenvalue weighted by Crippen LogP contribution is 2.34. The van der Waals surface area contributed by atoms with E-state index in [0.717, 1.165) is 23.9 Å². The third-order valence-corrected chi connectivity index (χ3v) is 4.98. The van der Waals surface area contributed by atoms with E-state index in [1.807, 2.05) is 23.0 Å². The van der Waals surface area contributed by atoms with Crippen LogP contribution < -0.4 is 10.5 Å². The maximum absolute atomic E-state index is 12.4. The first-order chi connectivity index (χ1) is 12.6. The summed E-state index contributed by atoms with van der Waals surface area (Å²) in [7, 11) is 0. The molecule has 0 saturated carbocycles. The third-order valence-electron chi connectivity index (χ3n) is 4.98. The highest BCUT2D eigenvalue weighted by Gasteiger charge is 2.28. The van der Waals surface area contributed by atoms with Crippen LogP contribution in [0.25, 0.3) is 10.9 Å². The van der Waals surface area contributed by atoms with Gasteiger partial charge in [0.2, 0.25) is 0 Å². The van der Waals surface area contributed by atoms with Crippen molar-refractivity contribution in [3.05, 3.63) is 58.1 Å². The predicted molar refractivity (Wildman–Crippen MR) is 98.0 cm³/mol. The smallest absolute Gasteiger partial charge is 0.268 e. The second-order valence-electron chi connectivity index (χ2n) is 6.65. The lowest BCUT2D eigenvalue weighted by Gasteiger charge is -2.22. The molecule has 1 unspecified atom stereocenters. The van der Waals surface area contributed by atoms with Gasteiger partial charge in [-0.25, -0.2) is 0 Å². The van der Waals surface area contributed by atoms with E-state index in [2.05, 4.69) is 21.1 Å². The molecule has 0 amide bonds. The Morgan fingerprint density at radius 1 is 1.46 bits per heavy atom. The number of aliphatic hydroxyl groups is 1. The van der Waals surface area contributed by atoms with Crippen LogP contribution in [0.4, 0.5) is 5.69 Å². The van der Waals surface area contributed by atoms with Gasteiger partial charge in [-0.1, -0.05) is 6.07 Å². The molecule has 0 bridgehead atoms. The van der Waals surface area contributed by atoms with Gasteiger partial charge in [0, 0.05) is 30.9 Å². The first kappa shape index (κ1) is 16.4. The number of hydrogen-bond acceptors (Lipinski definition) is 5. The molecule has 0 spiro atoms. The van der Waals surface area contributed by atoms with Crippen LogP contribution in [-0.2, 0) is 0 Å². The van der Waals surface area contributed by atoms with Crippen molar-refractivity contribution >= 4 is 16.6 Å². The van der Waals surface area contributed by atoms with Crippen molar-refractivity contribution < 1.29 is 5.11 Å². The van der Waals surface area contributed by atoms with E-state index in [9.17, 15) is 15.2 Å². The van der Waals surface area contributed by atoms with Crippen molar-refractivity contribution in [2.24, 2.45) is 0 Å². The van der Waals surface area contributed by atoms with E-state index in [1.54, 1.807) is 25.3 Å². The molecule has 1 fully saturated rings. The van der Waals surface area contributed by atoms with Gasteiger partial charge >= 0.3 is 0 Å². The summed E-state index contributed by atoms with van der Waals surface area (Å²) >= 11 is 0. The molecule has 0 radical (unpaired) electrons. The van der Waals surface area contributed by atoms with Crippen LogP contribution in [0.15, 0.2) is 41.5 Å². The monoisotopic (exact) mass is 349 g/mol. The Balaban J connectivity index is 1.86. The number of nitrogens with zero attached hydrogens (tertiary/aromatic N) is 4. The first-order valence-electron chi connectivity index (χ1n) is 8.60. The number of aromatic nitrogens is 3. The maximum atomic E-state index is 12.4. The van der Waals surface area contributed by atoms with Gasteiger partial charge in [0.1, 0.15) is 11.6 Å². The number of aromatic amines is 1. The van der Waals surface area contributed by atoms with E-state index < -0.39 is 6.10 Å². The number of nitriles is 1. The molecule has 3 heterocycles. The number of aliphatic hydroxyl groups excluding tert-OH is 1. The van der Waals surface area contributed by atoms with E-state index in [4.69, 9.17) is 0 Å². The molecular weight excluding hydrogens is 330 g/mol. The van der Waals surface area contributed by atoms with Gasteiger partial charge in [-0.2, -0.15) is 10.4 Å². The highest BCUT2D eigenvalue weighted by atomic mass is 16.3. The van der Waals surface area contributed by atoms with Crippen LogP contribution in [0.1, 0.15) is 36.6 Å². The second kappa shape index (κ2) is 6.32. The Labute approximate surface area is 150 Å². The number of H-pyrrole nitrogens is 1. The zero-order valence-electron chi connectivity index (χ0n) is 14.4. The van der Waals surface area contributed by atoms with Crippen molar-refractivity contribution in [1.29, 1.82) is 5.26 Å². The van der Waals surface area contributed by atoms with E-state index in [-0.39, 0.29) is 17.2 Å². The van der Waals surface area contributed by atoms with Gasteiger partial charge in [0.25, 0.3) is 5.56 Å². The summed E-state index contributed by atoms with van der Waals surface area (Å²) in [6.45, 7) is 3.10. The molecule has 2 N–H and O–H groups in total. The number of pyridine rings is 1. The van der Waals surface area contributed by atoms with Crippen LogP contribution in [0.2, 0.25) is 0 Å². The molecule has 4 rings (SSSR count). The number of fused-ring (bicyclic) bond motifs is 1. The lowest BCUT2D eigenvalue weighted by molar-refractivity contribution is 0.199. The lowest BCUT2D eigenvalue weighted by atomic mass is 10.0. The Morgan fingerprint density at radius 2 is 2.31 bits per heavy atom.